The molecule has 0 amide bonds. The van der Waals surface area contributed by atoms with E-state index in [1.807, 2.05) is 6.08 Å². The Hall–Kier alpha value is -1.51. The van der Waals surface area contributed by atoms with Crippen molar-refractivity contribution < 1.29 is 0 Å². The molecule has 0 saturated heterocycles. The Morgan fingerprint density at radius 3 is 3.00 bits per heavy atom. The van der Waals surface area contributed by atoms with E-state index in [4.69, 9.17) is 0 Å². The summed E-state index contributed by atoms with van der Waals surface area (Å²) in [5, 5.41) is 0.870. The van der Waals surface area contributed by atoms with Crippen molar-refractivity contribution in [1.29, 1.82) is 0 Å². The van der Waals surface area contributed by atoms with Gasteiger partial charge in [-0.1, -0.05) is 13.0 Å². The van der Waals surface area contributed by atoms with E-state index in [0.29, 0.717) is 11.4 Å². The first kappa shape index (κ1) is 7.16. The van der Waals surface area contributed by atoms with Gasteiger partial charge < -0.3 is 0 Å². The zero-order valence-electron chi connectivity index (χ0n) is 6.81. The van der Waals surface area contributed by atoms with Gasteiger partial charge in [-0.3, -0.25) is 4.98 Å². The minimum atomic E-state index is 0.381. The number of allylic oxidation sites excluding steroid dienone is 1. The van der Waals surface area contributed by atoms with E-state index in [9.17, 15) is 0 Å². The molecule has 60 valence electrons. The number of nitrogens with zero attached hydrogens (tertiary/aromatic N) is 3. The summed E-state index contributed by atoms with van der Waals surface area (Å²) in [6.07, 6.45) is 9.18. The van der Waals surface area contributed by atoms with E-state index in [1.54, 1.807) is 18.6 Å². The Labute approximate surface area is 70.2 Å². The normalized spacial score (nSPS) is 20.2. The van der Waals surface area contributed by atoms with Crippen molar-refractivity contribution >= 4 is 6.08 Å². The number of fused-ring (bicyclic) bond motifs is 1. The highest BCUT2D eigenvalue weighted by Gasteiger charge is 1.96. The van der Waals surface area contributed by atoms with Crippen LogP contribution in [0.5, 0.6) is 0 Å². The van der Waals surface area contributed by atoms with Crippen LogP contribution in [0.3, 0.4) is 0 Å². The van der Waals surface area contributed by atoms with E-state index < -0.39 is 0 Å². The van der Waals surface area contributed by atoms with Crippen molar-refractivity contribution in [1.82, 2.24) is 9.97 Å². The molecule has 1 aliphatic rings. The SMILES string of the molecule is CC1C=CN=c2nccnc2=C1. The lowest BCUT2D eigenvalue weighted by atomic mass is 10.2. The summed E-state index contributed by atoms with van der Waals surface area (Å²) in [5.41, 5.74) is 0.707. The molecule has 3 heteroatoms. The molecule has 1 aliphatic heterocycles. The molecule has 12 heavy (non-hydrogen) atoms. The van der Waals surface area contributed by atoms with E-state index in [1.165, 1.54) is 0 Å². The van der Waals surface area contributed by atoms with Crippen molar-refractivity contribution in [2.75, 3.05) is 0 Å². The standard InChI is InChI=1S/C9H9N3/c1-7-2-3-11-9-8(6-7)10-4-5-12-9/h2-7H,1H3. The monoisotopic (exact) mass is 159 g/mol. The van der Waals surface area contributed by atoms with Crippen molar-refractivity contribution in [2.45, 2.75) is 6.92 Å². The number of hydrogen-bond acceptors (Lipinski definition) is 3. The quantitative estimate of drug-likeness (QED) is 0.536. The molecule has 3 nitrogen and oxygen atoms in total. The lowest BCUT2D eigenvalue weighted by Crippen LogP contribution is -2.30. The molecule has 1 aromatic rings. The Bertz CT molecular complexity index is 420. The van der Waals surface area contributed by atoms with E-state index in [2.05, 4.69) is 28.0 Å². The third-order valence-electron chi connectivity index (χ3n) is 1.71. The van der Waals surface area contributed by atoms with Gasteiger partial charge in [0, 0.05) is 18.6 Å². The summed E-state index contributed by atoms with van der Waals surface area (Å²) in [6.45, 7) is 2.09. The number of rotatable bonds is 0. The van der Waals surface area contributed by atoms with Crippen LogP contribution >= 0.6 is 0 Å². The fraction of sp³-hybridized carbons (Fsp3) is 0.222. The second-order valence-corrected chi connectivity index (χ2v) is 2.76. The highest BCUT2D eigenvalue weighted by Crippen LogP contribution is 1.98. The van der Waals surface area contributed by atoms with Crippen LogP contribution in [0.4, 0.5) is 0 Å². The van der Waals surface area contributed by atoms with Crippen LogP contribution in [-0.4, -0.2) is 9.97 Å². The Morgan fingerprint density at radius 2 is 2.08 bits per heavy atom. The third kappa shape index (κ3) is 1.25. The van der Waals surface area contributed by atoms with Gasteiger partial charge >= 0.3 is 0 Å². The minimum absolute atomic E-state index is 0.381. The van der Waals surface area contributed by atoms with E-state index >= 15 is 0 Å². The van der Waals surface area contributed by atoms with Gasteiger partial charge in [0.05, 0.1) is 0 Å². The molecule has 0 aromatic carbocycles. The van der Waals surface area contributed by atoms with Crippen molar-refractivity contribution in [3.63, 3.8) is 0 Å². The van der Waals surface area contributed by atoms with E-state index in [-0.39, 0.29) is 0 Å². The van der Waals surface area contributed by atoms with E-state index in [0.717, 1.165) is 5.35 Å². The molecule has 0 radical (unpaired) electrons. The molecule has 0 N–H and O–H groups in total. The topological polar surface area (TPSA) is 38.1 Å². The fourth-order valence-corrected chi connectivity index (χ4v) is 1.11. The summed E-state index contributed by atoms with van der Waals surface area (Å²) in [5.74, 6) is 0.381. The van der Waals surface area contributed by atoms with Gasteiger partial charge in [0.25, 0.3) is 0 Å². The van der Waals surface area contributed by atoms with Gasteiger partial charge in [-0.05, 0) is 12.0 Å². The second-order valence-electron chi connectivity index (χ2n) is 2.76. The zero-order chi connectivity index (χ0) is 8.39. The van der Waals surface area contributed by atoms with Gasteiger partial charge in [0.15, 0.2) is 5.49 Å². The molecule has 1 atom stereocenters. The molecule has 2 rings (SSSR count). The smallest absolute Gasteiger partial charge is 0.177 e. The molecule has 2 heterocycles. The van der Waals surface area contributed by atoms with Crippen LogP contribution in [0.1, 0.15) is 6.92 Å². The van der Waals surface area contributed by atoms with Gasteiger partial charge in [-0.15, -0.1) is 0 Å². The van der Waals surface area contributed by atoms with Gasteiger partial charge in [0.1, 0.15) is 5.35 Å². The summed E-state index contributed by atoms with van der Waals surface area (Å²) < 4.78 is 0. The van der Waals surface area contributed by atoms with Crippen LogP contribution < -0.4 is 10.8 Å². The number of hydrogen-bond donors (Lipinski definition) is 0. The molecule has 0 fully saturated rings. The average Bonchev–Trinajstić information content (AvgIpc) is 2.25. The second kappa shape index (κ2) is 2.85. The van der Waals surface area contributed by atoms with Crippen molar-refractivity contribution in [3.05, 3.63) is 35.5 Å². The van der Waals surface area contributed by atoms with Crippen molar-refractivity contribution in [3.8, 4) is 0 Å². The maximum atomic E-state index is 4.18. The predicted octanol–water partition coefficient (Wildman–Crippen LogP) is 0.0401. The third-order valence-corrected chi connectivity index (χ3v) is 1.71. The predicted molar refractivity (Wildman–Crippen MR) is 45.6 cm³/mol. The van der Waals surface area contributed by atoms with Gasteiger partial charge in [0.2, 0.25) is 0 Å². The first-order valence-corrected chi connectivity index (χ1v) is 3.89. The molecular formula is C9H9N3. The molecule has 1 unspecified atom stereocenters. The average molecular weight is 159 g/mol. The zero-order valence-corrected chi connectivity index (χ0v) is 6.81. The minimum Gasteiger partial charge on any atom is -0.252 e. The van der Waals surface area contributed by atoms with Crippen LogP contribution in [0.25, 0.3) is 6.08 Å². The summed E-state index contributed by atoms with van der Waals surface area (Å²) in [7, 11) is 0. The van der Waals surface area contributed by atoms with Crippen LogP contribution in [-0.2, 0) is 0 Å². The Balaban J connectivity index is 2.75. The lowest BCUT2D eigenvalue weighted by molar-refractivity contribution is 0.980. The maximum absolute atomic E-state index is 4.18. The van der Waals surface area contributed by atoms with Crippen LogP contribution in [0, 0.1) is 5.92 Å². The summed E-state index contributed by atoms with van der Waals surface area (Å²) in [4.78, 5) is 12.4. The molecule has 0 spiro atoms. The largest absolute Gasteiger partial charge is 0.252 e. The number of aromatic nitrogens is 2. The first-order valence-electron chi connectivity index (χ1n) is 3.89. The fourth-order valence-electron chi connectivity index (χ4n) is 1.11. The molecule has 0 aliphatic carbocycles. The Kier molecular flexibility index (Phi) is 1.70. The summed E-state index contributed by atoms with van der Waals surface area (Å²) in [6, 6.07) is 0. The van der Waals surface area contributed by atoms with Gasteiger partial charge in [-0.25, -0.2) is 9.98 Å². The molecule has 0 bridgehead atoms. The highest BCUT2D eigenvalue weighted by atomic mass is 14.9. The Morgan fingerprint density at radius 1 is 1.25 bits per heavy atom. The lowest BCUT2D eigenvalue weighted by Gasteiger charge is -1.91. The highest BCUT2D eigenvalue weighted by molar-refractivity contribution is 5.26. The molecular weight excluding hydrogens is 150 g/mol. The van der Waals surface area contributed by atoms with Crippen LogP contribution in [0.2, 0.25) is 0 Å². The maximum Gasteiger partial charge on any atom is 0.177 e. The van der Waals surface area contributed by atoms with Gasteiger partial charge in [-0.2, -0.15) is 0 Å². The molecule has 0 saturated carbocycles. The summed E-state index contributed by atoms with van der Waals surface area (Å²) >= 11 is 0. The molecule has 1 aromatic heterocycles. The van der Waals surface area contributed by atoms with Crippen LogP contribution in [0.15, 0.2) is 29.7 Å². The first-order chi connectivity index (χ1) is 5.86. The van der Waals surface area contributed by atoms with Crippen molar-refractivity contribution in [2.24, 2.45) is 10.9 Å².